The molecule has 2 N–H and O–H groups in total. The molecule has 2 heterocycles. The molecule has 27 heavy (non-hydrogen) atoms. The van der Waals surface area contributed by atoms with Crippen LogP contribution in [-0.4, -0.2) is 67.6 Å². The van der Waals surface area contributed by atoms with Gasteiger partial charge in [0.25, 0.3) is 11.8 Å². The van der Waals surface area contributed by atoms with E-state index < -0.39 is 0 Å². The monoisotopic (exact) mass is 393 g/mol. The highest BCUT2D eigenvalue weighted by atomic mass is 32.2. The molecule has 7 nitrogen and oxygen atoms in total. The fourth-order valence-electron chi connectivity index (χ4n) is 2.99. The van der Waals surface area contributed by atoms with Crippen LogP contribution in [0.4, 0.5) is 5.69 Å². The number of ether oxygens (including phenoxy) is 2. The molecule has 0 radical (unpaired) electrons. The van der Waals surface area contributed by atoms with E-state index in [-0.39, 0.29) is 23.3 Å². The molecule has 1 aromatic rings. The first-order valence-electron chi connectivity index (χ1n) is 9.38. The van der Waals surface area contributed by atoms with E-state index in [1.807, 2.05) is 19.9 Å². The van der Waals surface area contributed by atoms with Crippen molar-refractivity contribution in [1.29, 1.82) is 0 Å². The molecular weight excluding hydrogens is 366 g/mol. The van der Waals surface area contributed by atoms with Crippen LogP contribution < -0.4 is 10.6 Å². The third-order valence-electron chi connectivity index (χ3n) is 4.40. The largest absolute Gasteiger partial charge is 0.379 e. The Hall–Kier alpha value is -1.61. The Morgan fingerprint density at radius 1 is 1.41 bits per heavy atom. The van der Waals surface area contributed by atoms with Gasteiger partial charge in [-0.2, -0.15) is 0 Å². The van der Waals surface area contributed by atoms with Crippen molar-refractivity contribution in [2.45, 2.75) is 36.6 Å². The second kappa shape index (κ2) is 9.54. The molecule has 0 aliphatic carbocycles. The number of nitrogens with one attached hydrogen (secondary N) is 2. The van der Waals surface area contributed by atoms with Gasteiger partial charge in [-0.05, 0) is 38.5 Å². The standard InChI is InChI=1S/C19H27N3O4S/c1-13(2)26-9-3-6-20-17(23)14-4-5-16-15(12-14)21-18(24)19(27-16)22-7-10-25-11-8-22/h4-5,12-13,19H,3,6-11H2,1-2H3,(H,20,23)(H,21,24)/t19-/m0/s1. The van der Waals surface area contributed by atoms with E-state index in [1.165, 1.54) is 11.8 Å². The fourth-order valence-corrected chi connectivity index (χ4v) is 4.14. The van der Waals surface area contributed by atoms with E-state index in [1.54, 1.807) is 12.1 Å². The molecule has 1 aromatic carbocycles. The van der Waals surface area contributed by atoms with Crippen LogP contribution in [0, 0.1) is 0 Å². The minimum atomic E-state index is -0.248. The predicted molar refractivity (Wildman–Crippen MR) is 105 cm³/mol. The Kier molecular flexibility index (Phi) is 7.12. The molecule has 2 aliphatic rings. The highest BCUT2D eigenvalue weighted by molar-refractivity contribution is 8.00. The lowest BCUT2D eigenvalue weighted by atomic mass is 10.1. The van der Waals surface area contributed by atoms with E-state index in [9.17, 15) is 9.59 Å². The van der Waals surface area contributed by atoms with Crippen LogP contribution >= 0.6 is 11.8 Å². The molecule has 0 spiro atoms. The molecule has 0 saturated carbocycles. The second-order valence-electron chi connectivity index (χ2n) is 6.85. The highest BCUT2D eigenvalue weighted by Gasteiger charge is 2.33. The third kappa shape index (κ3) is 5.44. The molecule has 148 valence electrons. The fraction of sp³-hybridized carbons (Fsp3) is 0.579. The number of thioether (sulfide) groups is 1. The number of carbonyl (C=O) groups excluding carboxylic acids is 2. The first-order chi connectivity index (χ1) is 13.0. The number of anilines is 1. The van der Waals surface area contributed by atoms with Crippen LogP contribution in [0.2, 0.25) is 0 Å². The zero-order valence-corrected chi connectivity index (χ0v) is 16.6. The van der Waals surface area contributed by atoms with E-state index in [2.05, 4.69) is 15.5 Å². The summed E-state index contributed by atoms with van der Waals surface area (Å²) in [5.41, 5.74) is 1.24. The molecule has 1 atom stereocenters. The summed E-state index contributed by atoms with van der Waals surface area (Å²) >= 11 is 1.53. The maximum absolute atomic E-state index is 12.5. The van der Waals surface area contributed by atoms with E-state index in [0.29, 0.717) is 37.6 Å². The number of morpholine rings is 1. The van der Waals surface area contributed by atoms with Crippen LogP contribution in [-0.2, 0) is 14.3 Å². The van der Waals surface area contributed by atoms with Crippen molar-refractivity contribution in [1.82, 2.24) is 10.2 Å². The molecule has 8 heteroatoms. The predicted octanol–water partition coefficient (Wildman–Crippen LogP) is 1.93. The quantitative estimate of drug-likeness (QED) is 0.689. The summed E-state index contributed by atoms with van der Waals surface area (Å²) in [6.07, 6.45) is 0.964. The minimum Gasteiger partial charge on any atom is -0.379 e. The van der Waals surface area contributed by atoms with E-state index >= 15 is 0 Å². The normalized spacial score (nSPS) is 20.3. The van der Waals surface area contributed by atoms with E-state index in [4.69, 9.17) is 9.47 Å². The van der Waals surface area contributed by atoms with Crippen molar-refractivity contribution in [2.75, 3.05) is 44.8 Å². The number of rotatable bonds is 7. The van der Waals surface area contributed by atoms with Crippen LogP contribution in [0.1, 0.15) is 30.6 Å². The molecule has 1 fully saturated rings. The summed E-state index contributed by atoms with van der Waals surface area (Å²) < 4.78 is 10.8. The first-order valence-corrected chi connectivity index (χ1v) is 10.3. The van der Waals surface area contributed by atoms with Crippen molar-refractivity contribution in [3.05, 3.63) is 23.8 Å². The van der Waals surface area contributed by atoms with Gasteiger partial charge in [0.2, 0.25) is 0 Å². The molecular formula is C19H27N3O4S. The lowest BCUT2D eigenvalue weighted by Crippen LogP contribution is -2.48. The van der Waals surface area contributed by atoms with Gasteiger partial charge >= 0.3 is 0 Å². The number of hydrogen-bond donors (Lipinski definition) is 2. The number of benzene rings is 1. The van der Waals surface area contributed by atoms with Gasteiger partial charge in [-0.15, -0.1) is 0 Å². The van der Waals surface area contributed by atoms with Crippen LogP contribution in [0.25, 0.3) is 0 Å². The average Bonchev–Trinajstić information content (AvgIpc) is 2.67. The zero-order valence-electron chi connectivity index (χ0n) is 15.8. The van der Waals surface area contributed by atoms with Gasteiger partial charge in [0.1, 0.15) is 5.37 Å². The van der Waals surface area contributed by atoms with Crippen LogP contribution in [0.15, 0.2) is 23.1 Å². The smallest absolute Gasteiger partial charge is 0.252 e. The Bertz CT molecular complexity index is 677. The summed E-state index contributed by atoms with van der Waals surface area (Å²) in [5, 5.41) is 5.59. The van der Waals surface area contributed by atoms with Gasteiger partial charge in [0.05, 0.1) is 25.0 Å². The minimum absolute atomic E-state index is 0.0437. The number of fused-ring (bicyclic) bond motifs is 1. The van der Waals surface area contributed by atoms with Gasteiger partial charge < -0.3 is 20.1 Å². The number of nitrogens with zero attached hydrogens (tertiary/aromatic N) is 1. The van der Waals surface area contributed by atoms with Crippen molar-refractivity contribution in [2.24, 2.45) is 0 Å². The Morgan fingerprint density at radius 3 is 2.93 bits per heavy atom. The van der Waals surface area contributed by atoms with E-state index in [0.717, 1.165) is 24.4 Å². The Labute approximate surface area is 164 Å². The summed E-state index contributed by atoms with van der Waals surface area (Å²) in [5.74, 6) is -0.185. The number of carbonyl (C=O) groups is 2. The molecule has 2 aliphatic heterocycles. The lowest BCUT2D eigenvalue weighted by molar-refractivity contribution is -0.119. The number of hydrogen-bond acceptors (Lipinski definition) is 6. The summed E-state index contributed by atoms with van der Waals surface area (Å²) in [4.78, 5) is 27.9. The molecule has 1 saturated heterocycles. The van der Waals surface area contributed by atoms with Crippen molar-refractivity contribution in [3.8, 4) is 0 Å². The average molecular weight is 394 g/mol. The van der Waals surface area contributed by atoms with Gasteiger partial charge in [0.15, 0.2) is 0 Å². The van der Waals surface area contributed by atoms with Gasteiger partial charge in [-0.25, -0.2) is 0 Å². The summed E-state index contributed by atoms with van der Waals surface area (Å²) in [6.45, 7) is 7.96. The summed E-state index contributed by atoms with van der Waals surface area (Å²) in [6, 6.07) is 5.46. The van der Waals surface area contributed by atoms with Gasteiger partial charge in [-0.3, -0.25) is 14.5 Å². The van der Waals surface area contributed by atoms with Crippen molar-refractivity contribution in [3.63, 3.8) is 0 Å². The third-order valence-corrected chi connectivity index (χ3v) is 5.74. The Balaban J connectivity index is 1.56. The van der Waals surface area contributed by atoms with Gasteiger partial charge in [-0.1, -0.05) is 11.8 Å². The summed E-state index contributed by atoms with van der Waals surface area (Å²) in [7, 11) is 0. The lowest BCUT2D eigenvalue weighted by Gasteiger charge is -2.35. The molecule has 0 unspecified atom stereocenters. The highest BCUT2D eigenvalue weighted by Crippen LogP contribution is 2.37. The number of amides is 2. The molecule has 0 aromatic heterocycles. The zero-order chi connectivity index (χ0) is 19.2. The molecule has 0 bridgehead atoms. The van der Waals surface area contributed by atoms with Crippen molar-refractivity contribution >= 4 is 29.3 Å². The topological polar surface area (TPSA) is 79.9 Å². The molecule has 3 rings (SSSR count). The maximum atomic E-state index is 12.5. The van der Waals surface area contributed by atoms with Crippen LogP contribution in [0.3, 0.4) is 0 Å². The Morgan fingerprint density at radius 2 is 2.19 bits per heavy atom. The van der Waals surface area contributed by atoms with Gasteiger partial charge in [0, 0.05) is 36.7 Å². The first kappa shape index (κ1) is 20.1. The van der Waals surface area contributed by atoms with Crippen LogP contribution in [0.5, 0.6) is 0 Å². The second-order valence-corrected chi connectivity index (χ2v) is 7.97. The maximum Gasteiger partial charge on any atom is 0.252 e. The SMILES string of the molecule is CC(C)OCCCNC(=O)c1ccc2c(c1)NC(=O)[C@@H](N1CCOCC1)S2. The van der Waals surface area contributed by atoms with Crippen molar-refractivity contribution < 1.29 is 19.1 Å². The molecule has 2 amide bonds.